The van der Waals surface area contributed by atoms with Crippen molar-refractivity contribution in [3.63, 3.8) is 0 Å². The normalized spacial score (nSPS) is 19.7. The van der Waals surface area contributed by atoms with Gasteiger partial charge in [0.25, 0.3) is 0 Å². The second-order valence-corrected chi connectivity index (χ2v) is 2.93. The topological polar surface area (TPSA) is 41.3 Å². The zero-order chi connectivity index (χ0) is 8.23. The molecular weight excluding hydrogens is 154 g/mol. The minimum atomic E-state index is 0.859. The highest BCUT2D eigenvalue weighted by molar-refractivity contribution is 4.92. The van der Waals surface area contributed by atoms with Crippen LogP contribution in [0.2, 0.25) is 0 Å². The van der Waals surface area contributed by atoms with Crippen molar-refractivity contribution in [2.75, 3.05) is 26.2 Å². The number of nitrogens with one attached hydrogen (secondary N) is 1. The average molecular weight is 166 g/mol. The van der Waals surface area contributed by atoms with Crippen molar-refractivity contribution in [2.24, 2.45) is 0 Å². The van der Waals surface area contributed by atoms with Crippen LogP contribution in [-0.2, 0) is 6.54 Å². The molecule has 0 aliphatic carbocycles. The van der Waals surface area contributed by atoms with E-state index >= 15 is 0 Å². The largest absolute Gasteiger partial charge is 0.364 e. The maximum atomic E-state index is 4.71. The molecule has 0 saturated carbocycles. The molecule has 2 rings (SSSR count). The fraction of sp³-hybridized carbons (Fsp3) is 0.625. The monoisotopic (exact) mass is 166 g/mol. The molecule has 0 amide bonds. The Morgan fingerprint density at radius 3 is 3.08 bits per heavy atom. The first-order chi connectivity index (χ1) is 5.95. The molecule has 1 aromatic rings. The molecule has 1 aliphatic heterocycles. The Hall–Kier alpha value is -0.870. The van der Waals surface area contributed by atoms with Crippen molar-refractivity contribution in [1.29, 1.82) is 0 Å². The molecule has 1 aromatic heterocycles. The van der Waals surface area contributed by atoms with Gasteiger partial charge in [0, 0.05) is 32.7 Å². The molecule has 1 N–H and O–H groups in total. The van der Waals surface area contributed by atoms with E-state index in [-0.39, 0.29) is 0 Å². The lowest BCUT2D eigenvalue weighted by Gasteiger charge is -2.25. The molecule has 12 heavy (non-hydrogen) atoms. The van der Waals surface area contributed by atoms with Gasteiger partial charge in [-0.1, -0.05) is 5.16 Å². The van der Waals surface area contributed by atoms with E-state index in [1.165, 1.54) is 6.26 Å². The van der Waals surface area contributed by atoms with Crippen LogP contribution in [0.3, 0.4) is 0 Å². The highest BCUT2D eigenvalue weighted by atomic mass is 16.5. The summed E-state index contributed by atoms with van der Waals surface area (Å²) in [5, 5.41) is 7.12. The predicted octanol–water partition coefficient (Wildman–Crippen LogP) is -0.120. The lowest BCUT2D eigenvalue weighted by molar-refractivity contribution is 0.226. The summed E-state index contributed by atoms with van der Waals surface area (Å²) in [6.45, 7) is 5.16. The predicted molar refractivity (Wildman–Crippen MR) is 43.5 cm³/mol. The van der Waals surface area contributed by atoms with Gasteiger partial charge in [0.15, 0.2) is 0 Å². The molecule has 0 unspecified atom stereocenters. The van der Waals surface area contributed by atoms with Crippen molar-refractivity contribution in [3.05, 3.63) is 18.0 Å². The van der Waals surface area contributed by atoms with Gasteiger partial charge in [0.05, 0.1) is 6.07 Å². The first-order valence-corrected chi connectivity index (χ1v) is 4.19. The lowest BCUT2D eigenvalue weighted by Crippen LogP contribution is -2.42. The SMILES string of the molecule is [c]1conc1CN1CCNCC1. The molecule has 2 heterocycles. The van der Waals surface area contributed by atoms with Crippen LogP contribution in [0.15, 0.2) is 10.8 Å². The van der Waals surface area contributed by atoms with Crippen LogP contribution in [0.25, 0.3) is 0 Å². The number of nitrogens with zero attached hydrogens (tertiary/aromatic N) is 2. The van der Waals surface area contributed by atoms with Crippen molar-refractivity contribution in [2.45, 2.75) is 6.54 Å². The van der Waals surface area contributed by atoms with Crippen molar-refractivity contribution in [1.82, 2.24) is 15.4 Å². The van der Waals surface area contributed by atoms with Crippen molar-refractivity contribution >= 4 is 0 Å². The van der Waals surface area contributed by atoms with Gasteiger partial charge in [-0.3, -0.25) is 4.90 Å². The molecule has 4 nitrogen and oxygen atoms in total. The van der Waals surface area contributed by atoms with Gasteiger partial charge < -0.3 is 9.84 Å². The summed E-state index contributed by atoms with van der Waals surface area (Å²) < 4.78 is 4.71. The van der Waals surface area contributed by atoms with Gasteiger partial charge in [0.2, 0.25) is 0 Å². The maximum absolute atomic E-state index is 4.71. The third-order valence-electron chi connectivity index (χ3n) is 2.02. The second kappa shape index (κ2) is 3.69. The summed E-state index contributed by atoms with van der Waals surface area (Å²) in [7, 11) is 0. The van der Waals surface area contributed by atoms with Crippen LogP contribution in [0.5, 0.6) is 0 Å². The fourth-order valence-electron chi connectivity index (χ4n) is 1.37. The van der Waals surface area contributed by atoms with Crippen LogP contribution in [0.4, 0.5) is 0 Å². The molecule has 0 spiro atoms. The van der Waals surface area contributed by atoms with E-state index in [1.807, 2.05) is 0 Å². The first-order valence-electron chi connectivity index (χ1n) is 4.19. The van der Waals surface area contributed by atoms with E-state index < -0.39 is 0 Å². The van der Waals surface area contributed by atoms with Crippen LogP contribution >= 0.6 is 0 Å². The molecule has 0 aromatic carbocycles. The maximum Gasteiger partial charge on any atom is 0.132 e. The number of hydrogen-bond donors (Lipinski definition) is 1. The summed E-state index contributed by atoms with van der Waals surface area (Å²) in [6, 6.07) is 2.94. The summed E-state index contributed by atoms with van der Waals surface area (Å²) in [6.07, 6.45) is 1.50. The van der Waals surface area contributed by atoms with Crippen LogP contribution in [-0.4, -0.2) is 36.2 Å². The van der Waals surface area contributed by atoms with Crippen LogP contribution in [0.1, 0.15) is 5.69 Å². The summed E-state index contributed by atoms with van der Waals surface area (Å²) in [5.41, 5.74) is 0.900. The van der Waals surface area contributed by atoms with Crippen molar-refractivity contribution in [3.8, 4) is 0 Å². The van der Waals surface area contributed by atoms with Crippen molar-refractivity contribution < 1.29 is 4.52 Å². The Morgan fingerprint density at radius 2 is 2.42 bits per heavy atom. The first kappa shape index (κ1) is 7.76. The zero-order valence-corrected chi connectivity index (χ0v) is 6.92. The van der Waals surface area contributed by atoms with E-state index in [0.717, 1.165) is 38.4 Å². The zero-order valence-electron chi connectivity index (χ0n) is 6.92. The molecule has 1 saturated heterocycles. The molecule has 0 bridgehead atoms. The summed E-state index contributed by atoms with van der Waals surface area (Å²) in [4.78, 5) is 2.34. The molecule has 4 heteroatoms. The third kappa shape index (κ3) is 1.84. The van der Waals surface area contributed by atoms with E-state index in [0.29, 0.717) is 0 Å². The van der Waals surface area contributed by atoms with Gasteiger partial charge in [-0.05, 0) is 0 Å². The van der Waals surface area contributed by atoms with Gasteiger partial charge in [0.1, 0.15) is 12.0 Å². The number of hydrogen-bond acceptors (Lipinski definition) is 4. The third-order valence-corrected chi connectivity index (χ3v) is 2.02. The Bertz CT molecular complexity index is 216. The number of aromatic nitrogens is 1. The van der Waals surface area contributed by atoms with Gasteiger partial charge in [-0.2, -0.15) is 0 Å². The lowest BCUT2D eigenvalue weighted by atomic mass is 10.3. The minimum absolute atomic E-state index is 0.859. The second-order valence-electron chi connectivity index (χ2n) is 2.93. The fourth-order valence-corrected chi connectivity index (χ4v) is 1.37. The highest BCUT2D eigenvalue weighted by Gasteiger charge is 2.10. The van der Waals surface area contributed by atoms with Gasteiger partial charge in [-0.25, -0.2) is 0 Å². The molecule has 1 aliphatic rings. The Kier molecular flexibility index (Phi) is 2.39. The summed E-state index contributed by atoms with van der Waals surface area (Å²) >= 11 is 0. The number of piperazine rings is 1. The minimum Gasteiger partial charge on any atom is -0.364 e. The molecule has 0 atom stereocenters. The molecule has 1 fully saturated rings. The average Bonchev–Trinajstić information content (AvgIpc) is 2.59. The van der Waals surface area contributed by atoms with E-state index in [9.17, 15) is 0 Å². The van der Waals surface area contributed by atoms with Gasteiger partial charge >= 0.3 is 0 Å². The van der Waals surface area contributed by atoms with E-state index in [4.69, 9.17) is 4.52 Å². The quantitative estimate of drug-likeness (QED) is 0.665. The Balaban J connectivity index is 1.86. The smallest absolute Gasteiger partial charge is 0.132 e. The van der Waals surface area contributed by atoms with Crippen LogP contribution < -0.4 is 5.32 Å². The van der Waals surface area contributed by atoms with E-state index in [2.05, 4.69) is 21.4 Å². The van der Waals surface area contributed by atoms with E-state index in [1.54, 1.807) is 0 Å². The standard InChI is InChI=1S/C8H12N3O/c1-6-12-10-8(1)7-11-4-2-9-3-5-11/h6,9H,2-5,7H2. The molecule has 65 valence electrons. The Labute approximate surface area is 71.5 Å². The van der Waals surface area contributed by atoms with Gasteiger partial charge in [-0.15, -0.1) is 0 Å². The van der Waals surface area contributed by atoms with Crippen LogP contribution in [0, 0.1) is 6.07 Å². The number of rotatable bonds is 2. The summed E-state index contributed by atoms with van der Waals surface area (Å²) in [5.74, 6) is 0. The molecular formula is C8H12N3O. The molecule has 1 radical (unpaired) electrons. The Morgan fingerprint density at radius 1 is 1.58 bits per heavy atom. The highest BCUT2D eigenvalue weighted by Crippen LogP contribution is 2.01.